The molecular formula is C18H24N4O2. The summed E-state index contributed by atoms with van der Waals surface area (Å²) < 4.78 is 12.0. The topological polar surface area (TPSA) is 63.4 Å². The van der Waals surface area contributed by atoms with Crippen molar-refractivity contribution in [1.29, 1.82) is 0 Å². The van der Waals surface area contributed by atoms with Crippen LogP contribution in [0.3, 0.4) is 0 Å². The second kappa shape index (κ2) is 6.53. The Labute approximate surface area is 142 Å². The van der Waals surface area contributed by atoms with Crippen LogP contribution in [-0.4, -0.2) is 46.2 Å². The van der Waals surface area contributed by atoms with E-state index in [4.69, 9.17) is 9.15 Å². The van der Waals surface area contributed by atoms with E-state index in [9.17, 15) is 0 Å². The van der Waals surface area contributed by atoms with E-state index in [-0.39, 0.29) is 11.6 Å². The number of piperidine rings is 1. The summed E-state index contributed by atoms with van der Waals surface area (Å²) in [5, 5.41) is 3.40. The number of hydrogen-bond donors (Lipinski definition) is 1. The van der Waals surface area contributed by atoms with Gasteiger partial charge in [0, 0.05) is 25.4 Å². The highest BCUT2D eigenvalue weighted by molar-refractivity contribution is 5.25. The lowest BCUT2D eigenvalue weighted by molar-refractivity contribution is -0.0544. The zero-order valence-electron chi connectivity index (χ0n) is 14.1. The Bertz CT molecular complexity index is 675. The molecule has 2 fully saturated rings. The zero-order chi connectivity index (χ0) is 16.4. The molecule has 1 N–H and O–H groups in total. The van der Waals surface area contributed by atoms with Crippen molar-refractivity contribution in [2.45, 2.75) is 44.4 Å². The Morgan fingerprint density at radius 3 is 3.00 bits per heavy atom. The number of likely N-dealkylation sites (tertiary alicyclic amines) is 1. The maximum atomic E-state index is 6.25. The second-order valence-corrected chi connectivity index (χ2v) is 6.94. The van der Waals surface area contributed by atoms with Crippen molar-refractivity contribution < 1.29 is 9.15 Å². The van der Waals surface area contributed by atoms with E-state index in [1.165, 1.54) is 0 Å². The molecule has 4 heterocycles. The molecule has 0 radical (unpaired) electrons. The van der Waals surface area contributed by atoms with Gasteiger partial charge in [0.1, 0.15) is 11.5 Å². The Morgan fingerprint density at radius 1 is 1.33 bits per heavy atom. The van der Waals surface area contributed by atoms with E-state index in [2.05, 4.69) is 26.3 Å². The van der Waals surface area contributed by atoms with Gasteiger partial charge in [-0.05, 0) is 44.5 Å². The lowest BCUT2D eigenvalue weighted by Crippen LogP contribution is -2.47. The lowest BCUT2D eigenvalue weighted by atomic mass is 9.88. The van der Waals surface area contributed by atoms with Crippen LogP contribution in [-0.2, 0) is 11.3 Å². The fraction of sp³-hybridized carbons (Fsp3) is 0.556. The molecular weight excluding hydrogens is 304 g/mol. The largest absolute Gasteiger partial charge is 0.465 e. The molecule has 2 aliphatic heterocycles. The second-order valence-electron chi connectivity index (χ2n) is 6.94. The van der Waals surface area contributed by atoms with Crippen LogP contribution in [0.1, 0.15) is 30.8 Å². The molecule has 2 saturated heterocycles. The molecule has 2 aromatic rings. The highest BCUT2D eigenvalue weighted by Gasteiger charge is 2.43. The minimum absolute atomic E-state index is 0.0493. The maximum absolute atomic E-state index is 6.25. The van der Waals surface area contributed by atoms with Gasteiger partial charge in [-0.3, -0.25) is 4.90 Å². The number of aromatic nitrogens is 2. The van der Waals surface area contributed by atoms with Gasteiger partial charge in [-0.15, -0.1) is 0 Å². The minimum Gasteiger partial charge on any atom is -0.465 e. The van der Waals surface area contributed by atoms with Crippen molar-refractivity contribution >= 4 is 5.95 Å². The van der Waals surface area contributed by atoms with Crippen molar-refractivity contribution in [2.24, 2.45) is 0 Å². The number of furan rings is 1. The van der Waals surface area contributed by atoms with Crippen LogP contribution in [0.2, 0.25) is 0 Å². The van der Waals surface area contributed by atoms with Crippen LogP contribution >= 0.6 is 0 Å². The van der Waals surface area contributed by atoms with Gasteiger partial charge >= 0.3 is 0 Å². The summed E-state index contributed by atoms with van der Waals surface area (Å²) in [6.45, 7) is 5.62. The fourth-order valence-corrected chi connectivity index (χ4v) is 3.89. The Balaban J connectivity index is 1.36. The average Bonchev–Trinajstić information content (AvgIpc) is 3.15. The summed E-state index contributed by atoms with van der Waals surface area (Å²) in [6, 6.07) is 6.20. The van der Waals surface area contributed by atoms with Crippen molar-refractivity contribution in [3.63, 3.8) is 0 Å². The van der Waals surface area contributed by atoms with Crippen LogP contribution in [0.4, 0.5) is 5.95 Å². The van der Waals surface area contributed by atoms with Crippen LogP contribution in [0.25, 0.3) is 0 Å². The van der Waals surface area contributed by atoms with Gasteiger partial charge < -0.3 is 14.5 Å². The average molecular weight is 328 g/mol. The van der Waals surface area contributed by atoms with Gasteiger partial charge in [0.2, 0.25) is 5.95 Å². The number of hydrogen-bond acceptors (Lipinski definition) is 6. The highest BCUT2D eigenvalue weighted by atomic mass is 16.5. The first kappa shape index (κ1) is 15.6. The number of nitrogens with zero attached hydrogens (tertiary/aromatic N) is 3. The third-order valence-corrected chi connectivity index (χ3v) is 4.90. The van der Waals surface area contributed by atoms with Crippen LogP contribution in [0, 0.1) is 6.92 Å². The normalized spacial score (nSPS) is 27.6. The molecule has 0 aromatic carbocycles. The highest BCUT2D eigenvalue weighted by Crippen LogP contribution is 2.36. The first-order valence-corrected chi connectivity index (χ1v) is 8.66. The quantitative estimate of drug-likeness (QED) is 0.931. The molecule has 2 aromatic heterocycles. The van der Waals surface area contributed by atoms with Crippen LogP contribution in [0.5, 0.6) is 0 Å². The summed E-state index contributed by atoms with van der Waals surface area (Å²) in [5.74, 6) is 2.69. The molecule has 128 valence electrons. The summed E-state index contributed by atoms with van der Waals surface area (Å²) in [6.07, 6.45) is 6.80. The summed E-state index contributed by atoms with van der Waals surface area (Å²) in [4.78, 5) is 10.9. The molecule has 0 aliphatic carbocycles. The standard InChI is InChI=1S/C18H24N4O2/c1-14-4-5-16(24-14)11-22-9-2-6-18(13-22)10-15(12-23-18)21-17-19-7-3-8-20-17/h3-5,7-8,15H,2,6,9-13H2,1H3,(H,19,20,21)/t15-,18+/m0/s1. The van der Waals surface area contributed by atoms with E-state index in [0.717, 1.165) is 50.4 Å². The first-order valence-electron chi connectivity index (χ1n) is 8.66. The van der Waals surface area contributed by atoms with Gasteiger partial charge in [-0.25, -0.2) is 9.97 Å². The SMILES string of the molecule is Cc1ccc(CN2CCC[C@@]3(C[C@H](Nc4ncccn4)CO3)C2)o1. The van der Waals surface area contributed by atoms with E-state index in [1.54, 1.807) is 12.4 Å². The van der Waals surface area contributed by atoms with Crippen LogP contribution in [0.15, 0.2) is 35.0 Å². The summed E-state index contributed by atoms with van der Waals surface area (Å²) >= 11 is 0. The predicted molar refractivity (Wildman–Crippen MR) is 90.7 cm³/mol. The Kier molecular flexibility index (Phi) is 4.24. The van der Waals surface area contributed by atoms with Gasteiger partial charge in [-0.1, -0.05) is 0 Å². The number of rotatable bonds is 4. The van der Waals surface area contributed by atoms with Gasteiger partial charge in [0.25, 0.3) is 0 Å². The van der Waals surface area contributed by atoms with E-state index in [0.29, 0.717) is 12.6 Å². The van der Waals surface area contributed by atoms with Crippen molar-refractivity contribution in [1.82, 2.24) is 14.9 Å². The Morgan fingerprint density at radius 2 is 2.21 bits per heavy atom. The molecule has 4 rings (SSSR count). The number of ether oxygens (including phenoxy) is 1. The predicted octanol–water partition coefficient (Wildman–Crippen LogP) is 2.61. The summed E-state index contributed by atoms with van der Waals surface area (Å²) in [5.41, 5.74) is -0.0493. The Hall–Kier alpha value is -1.92. The van der Waals surface area contributed by atoms with Crippen molar-refractivity contribution in [3.8, 4) is 0 Å². The molecule has 0 unspecified atom stereocenters. The molecule has 2 atom stereocenters. The molecule has 2 aliphatic rings. The lowest BCUT2D eigenvalue weighted by Gasteiger charge is -2.39. The van der Waals surface area contributed by atoms with E-state index < -0.39 is 0 Å². The van der Waals surface area contributed by atoms with Gasteiger partial charge in [0.15, 0.2) is 0 Å². The first-order chi connectivity index (χ1) is 11.7. The number of anilines is 1. The fourth-order valence-electron chi connectivity index (χ4n) is 3.89. The van der Waals surface area contributed by atoms with Crippen LogP contribution < -0.4 is 5.32 Å². The molecule has 6 heteroatoms. The molecule has 0 amide bonds. The third kappa shape index (κ3) is 3.44. The molecule has 6 nitrogen and oxygen atoms in total. The molecule has 0 bridgehead atoms. The summed E-state index contributed by atoms with van der Waals surface area (Å²) in [7, 11) is 0. The minimum atomic E-state index is -0.0493. The monoisotopic (exact) mass is 328 g/mol. The third-order valence-electron chi connectivity index (χ3n) is 4.90. The van der Waals surface area contributed by atoms with Gasteiger partial charge in [-0.2, -0.15) is 0 Å². The molecule has 0 saturated carbocycles. The molecule has 1 spiro atoms. The number of nitrogens with one attached hydrogen (secondary N) is 1. The molecule has 24 heavy (non-hydrogen) atoms. The van der Waals surface area contributed by atoms with Crippen molar-refractivity contribution in [2.75, 3.05) is 25.0 Å². The van der Waals surface area contributed by atoms with E-state index >= 15 is 0 Å². The smallest absolute Gasteiger partial charge is 0.222 e. The number of aryl methyl sites for hydroxylation is 1. The van der Waals surface area contributed by atoms with Gasteiger partial charge in [0.05, 0.1) is 24.8 Å². The van der Waals surface area contributed by atoms with E-state index in [1.807, 2.05) is 19.1 Å². The van der Waals surface area contributed by atoms with Crippen molar-refractivity contribution in [3.05, 3.63) is 42.1 Å². The zero-order valence-corrected chi connectivity index (χ0v) is 14.1. The maximum Gasteiger partial charge on any atom is 0.222 e.